The molecule has 120 valence electrons. The summed E-state index contributed by atoms with van der Waals surface area (Å²) < 4.78 is 42.6. The maximum atomic E-state index is 12.6. The molecule has 0 spiro atoms. The molecule has 4 fully saturated rings. The highest BCUT2D eigenvalue weighted by Crippen LogP contribution is 2.66. The quantitative estimate of drug-likeness (QED) is 0.929. The second-order valence-electron chi connectivity index (χ2n) is 7.22. The van der Waals surface area contributed by atoms with Gasteiger partial charge in [0, 0.05) is 12.0 Å². The summed E-state index contributed by atoms with van der Waals surface area (Å²) in [6.07, 6.45) is 1.01. The molecule has 1 aromatic rings. The Bertz CT molecular complexity index is 603. The van der Waals surface area contributed by atoms with Gasteiger partial charge in [0.15, 0.2) is 5.82 Å². The van der Waals surface area contributed by atoms with Gasteiger partial charge in [-0.2, -0.15) is 18.2 Å². The van der Waals surface area contributed by atoms with E-state index in [0.29, 0.717) is 31.0 Å². The molecule has 1 amide bonds. The lowest BCUT2D eigenvalue weighted by atomic mass is 9.67. The van der Waals surface area contributed by atoms with Crippen LogP contribution in [0.3, 0.4) is 0 Å². The summed E-state index contributed by atoms with van der Waals surface area (Å²) in [5.74, 6) is -0.702. The molecule has 0 radical (unpaired) electrons. The van der Waals surface area contributed by atoms with E-state index in [9.17, 15) is 18.0 Å². The van der Waals surface area contributed by atoms with Gasteiger partial charge in [-0.15, -0.1) is 0 Å². The number of nitrogens with zero attached hydrogens (tertiary/aromatic N) is 2. The van der Waals surface area contributed by atoms with Gasteiger partial charge in [-0.25, -0.2) is 0 Å². The van der Waals surface area contributed by atoms with Crippen LogP contribution < -0.4 is 5.32 Å². The van der Waals surface area contributed by atoms with Gasteiger partial charge < -0.3 is 9.84 Å². The smallest absolute Gasteiger partial charge is 0.343 e. The van der Waals surface area contributed by atoms with Crippen molar-refractivity contribution in [3.63, 3.8) is 0 Å². The minimum absolute atomic E-state index is 0.103. The molecule has 1 aromatic heterocycles. The van der Waals surface area contributed by atoms with E-state index in [-0.39, 0.29) is 11.3 Å². The van der Waals surface area contributed by atoms with E-state index < -0.39 is 17.6 Å². The third-order valence-corrected chi connectivity index (χ3v) is 5.70. The first kappa shape index (κ1) is 14.0. The van der Waals surface area contributed by atoms with Crippen molar-refractivity contribution in [2.24, 2.45) is 17.3 Å². The summed E-state index contributed by atoms with van der Waals surface area (Å²) >= 11 is 0. The summed E-state index contributed by atoms with van der Waals surface area (Å²) in [4.78, 5) is 15.5. The molecule has 0 aliphatic heterocycles. The lowest BCUT2D eigenvalue weighted by Gasteiger charge is -2.40. The van der Waals surface area contributed by atoms with E-state index in [2.05, 4.69) is 15.5 Å². The topological polar surface area (TPSA) is 68.0 Å². The van der Waals surface area contributed by atoms with E-state index in [1.165, 1.54) is 6.39 Å². The van der Waals surface area contributed by atoms with Gasteiger partial charge in [0.05, 0.1) is 0 Å². The number of alkyl halides is 3. The Hall–Kier alpha value is -1.60. The van der Waals surface area contributed by atoms with Gasteiger partial charge in [-0.05, 0) is 49.4 Å². The average molecular weight is 315 g/mol. The number of halogens is 3. The Morgan fingerprint density at radius 2 is 2.23 bits per heavy atom. The highest BCUT2D eigenvalue weighted by molar-refractivity contribution is 5.82. The monoisotopic (exact) mass is 315 g/mol. The van der Waals surface area contributed by atoms with Crippen molar-refractivity contribution in [1.29, 1.82) is 0 Å². The maximum Gasteiger partial charge on any atom is 0.471 e. The average Bonchev–Trinajstić information content (AvgIpc) is 3.01. The summed E-state index contributed by atoms with van der Waals surface area (Å²) in [7, 11) is 0. The Kier molecular flexibility index (Phi) is 2.70. The SMILES string of the molecule is O=C(NC12CC3CC1CC(Cc1ncon1)(C3)C2)C(F)(F)F. The van der Waals surface area contributed by atoms with Crippen molar-refractivity contribution >= 4 is 5.91 Å². The van der Waals surface area contributed by atoms with Crippen molar-refractivity contribution in [1.82, 2.24) is 15.5 Å². The van der Waals surface area contributed by atoms with Crippen LogP contribution in [0.4, 0.5) is 13.2 Å². The van der Waals surface area contributed by atoms with E-state index in [0.717, 1.165) is 19.3 Å². The lowest BCUT2D eigenvalue weighted by molar-refractivity contribution is -0.176. The third kappa shape index (κ3) is 2.03. The Labute approximate surface area is 124 Å². The Morgan fingerprint density at radius 3 is 2.91 bits per heavy atom. The van der Waals surface area contributed by atoms with Crippen LogP contribution in [0.5, 0.6) is 0 Å². The van der Waals surface area contributed by atoms with E-state index in [4.69, 9.17) is 4.52 Å². The van der Waals surface area contributed by atoms with Crippen LogP contribution in [0.2, 0.25) is 0 Å². The van der Waals surface area contributed by atoms with Gasteiger partial charge in [-0.1, -0.05) is 5.16 Å². The molecule has 0 saturated heterocycles. The second kappa shape index (κ2) is 4.23. The molecule has 4 bridgehead atoms. The van der Waals surface area contributed by atoms with Crippen LogP contribution >= 0.6 is 0 Å². The van der Waals surface area contributed by atoms with Gasteiger partial charge in [0.2, 0.25) is 6.39 Å². The predicted molar refractivity (Wildman–Crippen MR) is 67.4 cm³/mol. The molecule has 4 saturated carbocycles. The van der Waals surface area contributed by atoms with Crippen LogP contribution in [-0.2, 0) is 11.2 Å². The third-order valence-electron chi connectivity index (χ3n) is 5.70. The number of carbonyl (C=O) groups excluding carboxylic acids is 1. The molecule has 0 aromatic carbocycles. The number of hydrogen-bond donors (Lipinski definition) is 1. The minimum Gasteiger partial charge on any atom is -0.343 e. The predicted octanol–water partition coefficient (Wildman–Crippen LogP) is 2.24. The normalized spacial score (nSPS) is 39.4. The molecule has 4 atom stereocenters. The molecule has 5 rings (SSSR count). The fourth-order valence-electron chi connectivity index (χ4n) is 5.38. The van der Waals surface area contributed by atoms with Crippen molar-refractivity contribution in [3.8, 4) is 0 Å². The van der Waals surface area contributed by atoms with Crippen LogP contribution in [0.25, 0.3) is 0 Å². The molecule has 22 heavy (non-hydrogen) atoms. The van der Waals surface area contributed by atoms with Crippen molar-refractivity contribution < 1.29 is 22.5 Å². The number of rotatable bonds is 3. The number of nitrogens with one attached hydrogen (secondary N) is 1. The lowest BCUT2D eigenvalue weighted by Crippen LogP contribution is -2.54. The van der Waals surface area contributed by atoms with Crippen LogP contribution in [0.15, 0.2) is 10.9 Å². The first-order valence-corrected chi connectivity index (χ1v) is 7.45. The number of amides is 1. The van der Waals surface area contributed by atoms with Crippen molar-refractivity contribution in [3.05, 3.63) is 12.2 Å². The van der Waals surface area contributed by atoms with E-state index in [1.54, 1.807) is 0 Å². The molecular formula is C14H16F3N3O2. The Morgan fingerprint density at radius 1 is 1.41 bits per heavy atom. The highest BCUT2D eigenvalue weighted by Gasteiger charge is 2.65. The second-order valence-corrected chi connectivity index (χ2v) is 7.22. The molecular weight excluding hydrogens is 299 g/mol. The summed E-state index contributed by atoms with van der Waals surface area (Å²) in [6, 6.07) is 0. The van der Waals surface area contributed by atoms with Crippen molar-refractivity contribution in [2.45, 2.75) is 50.2 Å². The standard InChI is InChI=1S/C14H16F3N3O2/c15-14(16,17)11(21)19-13-3-8-1-9(13)4-12(2-8,6-13)5-10-18-7-22-20-10/h7-9H,1-6H2,(H,19,21). The van der Waals surface area contributed by atoms with Crippen LogP contribution in [-0.4, -0.2) is 27.8 Å². The van der Waals surface area contributed by atoms with Crippen LogP contribution in [0.1, 0.15) is 37.9 Å². The van der Waals surface area contributed by atoms with Crippen LogP contribution in [0, 0.1) is 17.3 Å². The first-order chi connectivity index (χ1) is 10.3. The number of aromatic nitrogens is 2. The zero-order valence-electron chi connectivity index (χ0n) is 11.8. The van der Waals surface area contributed by atoms with E-state index >= 15 is 0 Å². The van der Waals surface area contributed by atoms with Gasteiger partial charge in [0.25, 0.3) is 0 Å². The summed E-state index contributed by atoms with van der Waals surface area (Å²) in [5, 5.41) is 6.16. The fourth-order valence-corrected chi connectivity index (χ4v) is 5.38. The van der Waals surface area contributed by atoms with E-state index in [1.807, 2.05) is 0 Å². The molecule has 8 heteroatoms. The summed E-state index contributed by atoms with van der Waals surface area (Å²) in [6.45, 7) is 0. The molecule has 4 aliphatic carbocycles. The first-order valence-electron chi connectivity index (χ1n) is 7.45. The highest BCUT2D eigenvalue weighted by atomic mass is 19.4. The molecule has 4 aliphatic rings. The zero-order chi connectivity index (χ0) is 15.6. The van der Waals surface area contributed by atoms with Gasteiger partial charge in [-0.3, -0.25) is 4.79 Å². The van der Waals surface area contributed by atoms with Gasteiger partial charge in [0.1, 0.15) is 0 Å². The molecule has 4 unspecified atom stereocenters. The summed E-state index contributed by atoms with van der Waals surface area (Å²) in [5.41, 5.74) is -0.798. The zero-order valence-corrected chi connectivity index (χ0v) is 11.8. The number of carbonyl (C=O) groups is 1. The van der Waals surface area contributed by atoms with Gasteiger partial charge >= 0.3 is 12.1 Å². The Balaban J connectivity index is 1.57. The fraction of sp³-hybridized carbons (Fsp3) is 0.786. The molecule has 5 nitrogen and oxygen atoms in total. The number of hydrogen-bond acceptors (Lipinski definition) is 4. The molecule has 1 N–H and O–H groups in total. The van der Waals surface area contributed by atoms with Crippen molar-refractivity contribution in [2.75, 3.05) is 0 Å². The minimum atomic E-state index is -4.82. The largest absolute Gasteiger partial charge is 0.471 e. The molecule has 1 heterocycles. The maximum absolute atomic E-state index is 12.6.